The Kier molecular flexibility index (Phi) is 3.10. The van der Waals surface area contributed by atoms with Crippen molar-refractivity contribution in [3.8, 4) is 0 Å². The summed E-state index contributed by atoms with van der Waals surface area (Å²) in [5.41, 5.74) is 3.49. The number of ketones is 1. The first kappa shape index (κ1) is 12.7. The summed E-state index contributed by atoms with van der Waals surface area (Å²) in [5.74, 6) is -0.515. The van der Waals surface area contributed by atoms with Crippen LogP contribution in [0.2, 0.25) is 0 Å². The monoisotopic (exact) mass is 231 g/mol. The molecule has 2 N–H and O–H groups in total. The predicted octanol–water partition coefficient (Wildman–Crippen LogP) is 2.63. The maximum atomic E-state index is 12.4. The highest BCUT2D eigenvalue weighted by Crippen LogP contribution is 2.30. The van der Waals surface area contributed by atoms with Crippen LogP contribution in [0.1, 0.15) is 29.8 Å². The predicted molar refractivity (Wildman–Crippen MR) is 54.0 cm³/mol. The van der Waals surface area contributed by atoms with E-state index in [0.29, 0.717) is 0 Å². The minimum atomic E-state index is -4.45. The van der Waals surface area contributed by atoms with Gasteiger partial charge in [0.05, 0.1) is 11.1 Å². The first-order chi connectivity index (χ1) is 7.12. The fourth-order valence-electron chi connectivity index (χ4n) is 1.21. The molecule has 88 valence electrons. The van der Waals surface area contributed by atoms with Crippen molar-refractivity contribution in [1.82, 2.24) is 0 Å². The summed E-state index contributed by atoms with van der Waals surface area (Å²) in [7, 11) is 0. The number of rotatable bonds is 2. The van der Waals surface area contributed by atoms with E-state index in [9.17, 15) is 18.0 Å². The van der Waals surface area contributed by atoms with Gasteiger partial charge in [-0.1, -0.05) is 12.1 Å². The third kappa shape index (κ3) is 2.82. The lowest BCUT2D eigenvalue weighted by Gasteiger charge is -2.17. The third-order valence-corrected chi connectivity index (χ3v) is 2.04. The van der Waals surface area contributed by atoms with E-state index < -0.39 is 23.1 Å². The van der Waals surface area contributed by atoms with E-state index in [-0.39, 0.29) is 5.56 Å². The number of Topliss-reactive ketones (excluding diaryl/α,β-unsaturated/α-hetero) is 1. The van der Waals surface area contributed by atoms with E-state index >= 15 is 0 Å². The first-order valence-electron chi connectivity index (χ1n) is 4.63. The minimum Gasteiger partial charge on any atom is -0.319 e. The maximum absolute atomic E-state index is 12.4. The van der Waals surface area contributed by atoms with Crippen LogP contribution in [0.25, 0.3) is 0 Å². The fourth-order valence-corrected chi connectivity index (χ4v) is 1.21. The van der Waals surface area contributed by atoms with Crippen molar-refractivity contribution in [2.45, 2.75) is 25.6 Å². The van der Waals surface area contributed by atoms with Gasteiger partial charge in [-0.15, -0.1) is 0 Å². The van der Waals surface area contributed by atoms with Crippen LogP contribution in [0.4, 0.5) is 13.2 Å². The second kappa shape index (κ2) is 3.90. The van der Waals surface area contributed by atoms with Crippen molar-refractivity contribution in [3.05, 3.63) is 35.4 Å². The molecular formula is C11H12F3NO. The Morgan fingerprint density at radius 2 is 1.81 bits per heavy atom. The van der Waals surface area contributed by atoms with Gasteiger partial charge in [-0.2, -0.15) is 13.2 Å². The van der Waals surface area contributed by atoms with Gasteiger partial charge in [-0.25, -0.2) is 0 Å². The Morgan fingerprint density at radius 1 is 1.25 bits per heavy atom. The van der Waals surface area contributed by atoms with Gasteiger partial charge in [0.2, 0.25) is 0 Å². The Labute approximate surface area is 91.3 Å². The van der Waals surface area contributed by atoms with Gasteiger partial charge in [0.15, 0.2) is 5.78 Å². The zero-order valence-corrected chi connectivity index (χ0v) is 8.93. The second-order valence-corrected chi connectivity index (χ2v) is 4.13. The summed E-state index contributed by atoms with van der Waals surface area (Å²) >= 11 is 0. The molecule has 0 saturated heterocycles. The van der Waals surface area contributed by atoms with Crippen LogP contribution >= 0.6 is 0 Å². The highest BCUT2D eigenvalue weighted by molar-refractivity contribution is 6.02. The molecule has 1 aromatic rings. The number of nitrogens with two attached hydrogens (primary N) is 1. The molecule has 0 aromatic heterocycles. The minimum absolute atomic E-state index is 0.0256. The van der Waals surface area contributed by atoms with Crippen molar-refractivity contribution in [2.24, 2.45) is 5.73 Å². The Hall–Kier alpha value is -1.36. The average Bonchev–Trinajstić information content (AvgIpc) is 2.14. The lowest BCUT2D eigenvalue weighted by atomic mass is 9.93. The highest BCUT2D eigenvalue weighted by Gasteiger charge is 2.32. The number of hydrogen-bond acceptors (Lipinski definition) is 2. The molecule has 5 heteroatoms. The van der Waals surface area contributed by atoms with Crippen LogP contribution in [0.3, 0.4) is 0 Å². The molecule has 1 aromatic carbocycles. The summed E-state index contributed by atoms with van der Waals surface area (Å²) < 4.78 is 37.2. The Bertz CT molecular complexity index is 404. The van der Waals surface area contributed by atoms with Gasteiger partial charge >= 0.3 is 6.18 Å². The molecule has 2 nitrogen and oxygen atoms in total. The lowest BCUT2D eigenvalue weighted by molar-refractivity contribution is -0.137. The van der Waals surface area contributed by atoms with Crippen LogP contribution in [-0.2, 0) is 6.18 Å². The van der Waals surface area contributed by atoms with Crippen molar-refractivity contribution < 1.29 is 18.0 Å². The van der Waals surface area contributed by atoms with E-state index in [1.165, 1.54) is 26.0 Å². The van der Waals surface area contributed by atoms with Gasteiger partial charge < -0.3 is 5.73 Å². The van der Waals surface area contributed by atoms with Crippen molar-refractivity contribution >= 4 is 5.78 Å². The van der Waals surface area contributed by atoms with Crippen LogP contribution in [0.15, 0.2) is 24.3 Å². The third-order valence-electron chi connectivity index (χ3n) is 2.04. The molecule has 0 unspecified atom stereocenters. The lowest BCUT2D eigenvalue weighted by Crippen LogP contribution is -2.41. The summed E-state index contributed by atoms with van der Waals surface area (Å²) in [6, 6.07) is 4.26. The summed E-state index contributed by atoms with van der Waals surface area (Å²) in [6.07, 6.45) is -4.45. The molecule has 0 heterocycles. The molecule has 0 saturated carbocycles. The highest BCUT2D eigenvalue weighted by atomic mass is 19.4. The zero-order chi connectivity index (χ0) is 12.6. The molecule has 0 radical (unpaired) electrons. The topological polar surface area (TPSA) is 43.1 Å². The largest absolute Gasteiger partial charge is 0.416 e. The maximum Gasteiger partial charge on any atom is 0.416 e. The quantitative estimate of drug-likeness (QED) is 0.795. The molecule has 0 aliphatic rings. The number of benzene rings is 1. The van der Waals surface area contributed by atoms with E-state index in [1.807, 2.05) is 0 Å². The molecule has 0 fully saturated rings. The van der Waals surface area contributed by atoms with Gasteiger partial charge in [0.25, 0.3) is 0 Å². The fraction of sp³-hybridized carbons (Fsp3) is 0.364. The molecule has 0 bridgehead atoms. The summed E-state index contributed by atoms with van der Waals surface area (Å²) in [5, 5.41) is 0. The molecule has 0 amide bonds. The van der Waals surface area contributed by atoms with Gasteiger partial charge in [-0.05, 0) is 26.0 Å². The molecule has 16 heavy (non-hydrogen) atoms. The SMILES string of the molecule is CC(C)(N)C(=O)c1cccc(C(F)(F)F)c1. The average molecular weight is 231 g/mol. The van der Waals surface area contributed by atoms with E-state index in [1.54, 1.807) is 0 Å². The normalized spacial score (nSPS) is 12.6. The first-order valence-corrected chi connectivity index (χ1v) is 4.63. The summed E-state index contributed by atoms with van der Waals surface area (Å²) in [4.78, 5) is 11.7. The zero-order valence-electron chi connectivity index (χ0n) is 8.93. The standard InChI is InChI=1S/C11H12F3NO/c1-10(2,15)9(16)7-4-3-5-8(6-7)11(12,13)14/h3-6H,15H2,1-2H3. The molecular weight excluding hydrogens is 219 g/mol. The summed E-state index contributed by atoms with van der Waals surface area (Å²) in [6.45, 7) is 2.91. The van der Waals surface area contributed by atoms with Gasteiger partial charge in [0.1, 0.15) is 0 Å². The Morgan fingerprint density at radius 3 is 2.25 bits per heavy atom. The molecule has 0 spiro atoms. The smallest absolute Gasteiger partial charge is 0.319 e. The number of carbonyl (C=O) groups is 1. The van der Waals surface area contributed by atoms with Crippen molar-refractivity contribution in [2.75, 3.05) is 0 Å². The second-order valence-electron chi connectivity index (χ2n) is 4.13. The Balaban J connectivity index is 3.14. The molecule has 0 atom stereocenters. The number of halogens is 3. The van der Waals surface area contributed by atoms with Crippen LogP contribution in [-0.4, -0.2) is 11.3 Å². The van der Waals surface area contributed by atoms with E-state index in [2.05, 4.69) is 0 Å². The van der Waals surface area contributed by atoms with Crippen LogP contribution in [0, 0.1) is 0 Å². The molecule has 0 aliphatic carbocycles. The van der Waals surface area contributed by atoms with Crippen LogP contribution < -0.4 is 5.73 Å². The number of alkyl halides is 3. The van der Waals surface area contributed by atoms with Gasteiger partial charge in [0, 0.05) is 5.56 Å². The van der Waals surface area contributed by atoms with Crippen molar-refractivity contribution in [1.29, 1.82) is 0 Å². The molecule has 0 aliphatic heterocycles. The number of hydrogen-bond donors (Lipinski definition) is 1. The number of carbonyl (C=O) groups excluding carboxylic acids is 1. The van der Waals surface area contributed by atoms with Crippen LogP contribution in [0.5, 0.6) is 0 Å². The van der Waals surface area contributed by atoms with E-state index in [4.69, 9.17) is 5.73 Å². The van der Waals surface area contributed by atoms with Crippen molar-refractivity contribution in [3.63, 3.8) is 0 Å². The van der Waals surface area contributed by atoms with E-state index in [0.717, 1.165) is 12.1 Å². The van der Waals surface area contributed by atoms with Gasteiger partial charge in [-0.3, -0.25) is 4.79 Å². The molecule has 1 rings (SSSR count).